The fourth-order valence-electron chi connectivity index (χ4n) is 0.904. The maximum Gasteiger partial charge on any atom is 0.491 e. The summed E-state index contributed by atoms with van der Waals surface area (Å²) in [6.45, 7) is 0. The first kappa shape index (κ1) is 10.3. The number of benzene rings is 1. The topological polar surface area (TPSA) is 49.7 Å². The first-order valence-corrected chi connectivity index (χ1v) is 3.83. The molecule has 1 aromatic rings. The average molecular weight is 204 g/mol. The van der Waals surface area contributed by atoms with Crippen LogP contribution >= 0.6 is 11.6 Å². The van der Waals surface area contributed by atoms with Crippen LogP contribution < -0.4 is 10.2 Å². The van der Waals surface area contributed by atoms with E-state index < -0.39 is 12.9 Å². The van der Waals surface area contributed by atoms with Gasteiger partial charge in [0.2, 0.25) is 0 Å². The number of rotatable bonds is 2. The van der Waals surface area contributed by atoms with E-state index in [0.717, 1.165) is 0 Å². The van der Waals surface area contributed by atoms with Crippen molar-refractivity contribution in [2.75, 3.05) is 7.11 Å². The minimum atomic E-state index is -1.87. The number of ether oxygens (including phenoxy) is 1. The summed E-state index contributed by atoms with van der Waals surface area (Å²) < 4.78 is 17.9. The van der Waals surface area contributed by atoms with E-state index in [1.54, 1.807) is 0 Å². The number of hydrogen-bond acceptors (Lipinski definition) is 3. The SMILES string of the molecule is COc1ccc(B(O)O)c(F)c1Cl. The second-order valence-corrected chi connectivity index (χ2v) is 2.74. The average Bonchev–Trinajstić information content (AvgIpc) is 2.09. The molecule has 0 fully saturated rings. The van der Waals surface area contributed by atoms with Crippen molar-refractivity contribution in [1.29, 1.82) is 0 Å². The molecule has 0 atom stereocenters. The molecule has 0 aliphatic rings. The molecule has 3 nitrogen and oxygen atoms in total. The number of methoxy groups -OCH3 is 1. The van der Waals surface area contributed by atoms with Crippen molar-refractivity contribution < 1.29 is 19.2 Å². The summed E-state index contributed by atoms with van der Waals surface area (Å²) in [7, 11) is -0.529. The predicted molar refractivity (Wildman–Crippen MR) is 47.8 cm³/mol. The number of halogens is 2. The van der Waals surface area contributed by atoms with Crippen LogP contribution in [-0.2, 0) is 0 Å². The summed E-state index contributed by atoms with van der Waals surface area (Å²) in [5.74, 6) is -0.723. The second-order valence-electron chi connectivity index (χ2n) is 2.36. The standard InChI is InChI=1S/C7H7BClFO3/c1-13-5-3-2-4(8(11)12)7(10)6(5)9/h2-3,11-12H,1H3. The molecule has 0 aliphatic heterocycles. The van der Waals surface area contributed by atoms with Crippen LogP contribution in [0.3, 0.4) is 0 Å². The van der Waals surface area contributed by atoms with E-state index in [1.165, 1.54) is 19.2 Å². The predicted octanol–water partition coefficient (Wildman–Crippen LogP) is 0.167. The Morgan fingerprint density at radius 2 is 2.08 bits per heavy atom. The Hall–Kier alpha value is -0.775. The molecule has 6 heteroatoms. The van der Waals surface area contributed by atoms with Crippen molar-refractivity contribution in [3.63, 3.8) is 0 Å². The van der Waals surface area contributed by atoms with E-state index >= 15 is 0 Å². The molecular formula is C7H7BClFO3. The highest BCUT2D eigenvalue weighted by Gasteiger charge is 2.20. The van der Waals surface area contributed by atoms with Crippen LogP contribution in [0.1, 0.15) is 0 Å². The summed E-state index contributed by atoms with van der Waals surface area (Å²) >= 11 is 5.52. The molecule has 0 aromatic heterocycles. The minimum Gasteiger partial charge on any atom is -0.495 e. The van der Waals surface area contributed by atoms with Crippen LogP contribution in [0, 0.1) is 5.82 Å². The summed E-state index contributed by atoms with van der Waals surface area (Å²) in [6.07, 6.45) is 0. The molecular weight excluding hydrogens is 197 g/mol. The van der Waals surface area contributed by atoms with Crippen molar-refractivity contribution in [2.45, 2.75) is 0 Å². The molecule has 1 aromatic carbocycles. The zero-order valence-electron chi connectivity index (χ0n) is 6.79. The van der Waals surface area contributed by atoms with Gasteiger partial charge < -0.3 is 14.8 Å². The Bertz CT molecular complexity index is 319. The Labute approximate surface area is 79.9 Å². The van der Waals surface area contributed by atoms with Gasteiger partial charge in [-0.1, -0.05) is 17.7 Å². The molecule has 0 unspecified atom stereocenters. The van der Waals surface area contributed by atoms with E-state index in [4.69, 9.17) is 26.4 Å². The van der Waals surface area contributed by atoms with E-state index in [2.05, 4.69) is 0 Å². The molecule has 2 N–H and O–H groups in total. The van der Waals surface area contributed by atoms with E-state index in [9.17, 15) is 4.39 Å². The van der Waals surface area contributed by atoms with Gasteiger partial charge in [-0.25, -0.2) is 4.39 Å². The summed E-state index contributed by atoms with van der Waals surface area (Å²) in [4.78, 5) is 0. The Morgan fingerprint density at radius 1 is 1.46 bits per heavy atom. The van der Waals surface area contributed by atoms with Crippen molar-refractivity contribution in [2.24, 2.45) is 0 Å². The monoisotopic (exact) mass is 204 g/mol. The van der Waals surface area contributed by atoms with Crippen LogP contribution in [0.5, 0.6) is 5.75 Å². The third-order valence-corrected chi connectivity index (χ3v) is 1.93. The van der Waals surface area contributed by atoms with Gasteiger partial charge in [0.1, 0.15) is 16.6 Å². The minimum absolute atomic E-state index is 0.156. The summed E-state index contributed by atoms with van der Waals surface area (Å²) in [5.41, 5.74) is -0.272. The maximum atomic E-state index is 13.2. The van der Waals surface area contributed by atoms with E-state index in [0.29, 0.717) is 0 Å². The molecule has 1 rings (SSSR count). The lowest BCUT2D eigenvalue weighted by molar-refractivity contribution is 0.409. The van der Waals surface area contributed by atoms with Crippen LogP contribution in [0.15, 0.2) is 12.1 Å². The highest BCUT2D eigenvalue weighted by atomic mass is 35.5. The first-order valence-electron chi connectivity index (χ1n) is 3.46. The molecule has 13 heavy (non-hydrogen) atoms. The van der Waals surface area contributed by atoms with E-state index in [-0.39, 0.29) is 16.2 Å². The molecule has 0 saturated heterocycles. The Kier molecular flexibility index (Phi) is 3.14. The van der Waals surface area contributed by atoms with Gasteiger partial charge in [0.05, 0.1) is 7.11 Å². The molecule has 0 amide bonds. The van der Waals surface area contributed by atoms with Gasteiger partial charge in [0, 0.05) is 5.46 Å². The summed E-state index contributed by atoms with van der Waals surface area (Å²) in [5, 5.41) is 17.2. The van der Waals surface area contributed by atoms with E-state index in [1.807, 2.05) is 0 Å². The lowest BCUT2D eigenvalue weighted by atomic mass is 9.80. The molecule has 0 heterocycles. The zero-order valence-corrected chi connectivity index (χ0v) is 7.55. The van der Waals surface area contributed by atoms with Gasteiger partial charge in [-0.15, -0.1) is 0 Å². The van der Waals surface area contributed by atoms with Gasteiger partial charge in [0.15, 0.2) is 0 Å². The summed E-state index contributed by atoms with van der Waals surface area (Å²) in [6, 6.07) is 2.56. The van der Waals surface area contributed by atoms with Gasteiger partial charge in [0.25, 0.3) is 0 Å². The zero-order chi connectivity index (χ0) is 10.0. The largest absolute Gasteiger partial charge is 0.495 e. The molecule has 0 spiro atoms. The fourth-order valence-corrected chi connectivity index (χ4v) is 1.15. The van der Waals surface area contributed by atoms with Crippen LogP contribution in [-0.4, -0.2) is 24.3 Å². The highest BCUT2D eigenvalue weighted by molar-refractivity contribution is 6.59. The quantitative estimate of drug-likeness (QED) is 0.675. The van der Waals surface area contributed by atoms with Gasteiger partial charge in [-0.2, -0.15) is 0 Å². The van der Waals surface area contributed by atoms with Crippen molar-refractivity contribution in [3.8, 4) is 5.75 Å². The van der Waals surface area contributed by atoms with Crippen molar-refractivity contribution >= 4 is 24.2 Å². The molecule has 0 saturated carbocycles. The van der Waals surface area contributed by atoms with Gasteiger partial charge >= 0.3 is 7.12 Å². The van der Waals surface area contributed by atoms with Crippen molar-refractivity contribution in [1.82, 2.24) is 0 Å². The van der Waals surface area contributed by atoms with Crippen molar-refractivity contribution in [3.05, 3.63) is 23.0 Å². The molecule has 0 radical (unpaired) electrons. The number of hydrogen-bond donors (Lipinski definition) is 2. The van der Waals surface area contributed by atoms with Crippen LogP contribution in [0.4, 0.5) is 4.39 Å². The fraction of sp³-hybridized carbons (Fsp3) is 0.143. The highest BCUT2D eigenvalue weighted by Crippen LogP contribution is 2.25. The Balaban J connectivity index is 3.23. The van der Waals surface area contributed by atoms with Crippen LogP contribution in [0.2, 0.25) is 5.02 Å². The lowest BCUT2D eigenvalue weighted by Gasteiger charge is -2.07. The maximum absolute atomic E-state index is 13.2. The smallest absolute Gasteiger partial charge is 0.491 e. The van der Waals surface area contributed by atoms with Crippen LogP contribution in [0.25, 0.3) is 0 Å². The third-order valence-electron chi connectivity index (χ3n) is 1.57. The Morgan fingerprint density at radius 3 is 2.54 bits per heavy atom. The third kappa shape index (κ3) is 1.93. The second kappa shape index (κ2) is 3.96. The normalized spacial score (nSPS) is 9.92. The molecule has 70 valence electrons. The molecule has 0 aliphatic carbocycles. The van der Waals surface area contributed by atoms with Gasteiger partial charge in [-0.05, 0) is 6.07 Å². The molecule has 0 bridgehead atoms. The first-order chi connectivity index (χ1) is 6.07. The lowest BCUT2D eigenvalue weighted by Crippen LogP contribution is -2.32. The van der Waals surface area contributed by atoms with Gasteiger partial charge in [-0.3, -0.25) is 0 Å².